The smallest absolute Gasteiger partial charge is 0.264 e. The number of carbonyl (C=O) groups is 1. The number of thiophene rings is 1. The average molecular weight is 360 g/mol. The van der Waals surface area contributed by atoms with Gasteiger partial charge >= 0.3 is 0 Å². The molecule has 0 saturated carbocycles. The number of rotatable bonds is 6. The van der Waals surface area contributed by atoms with Gasteiger partial charge in [0.05, 0.1) is 11.4 Å². The minimum atomic E-state index is 0.0461. The van der Waals surface area contributed by atoms with Crippen LogP contribution in [0.4, 0.5) is 0 Å². The van der Waals surface area contributed by atoms with Crippen LogP contribution in [-0.2, 0) is 13.1 Å². The largest absolute Gasteiger partial charge is 0.331 e. The summed E-state index contributed by atoms with van der Waals surface area (Å²) in [5, 5.41) is 2.64. The number of amides is 1. The van der Waals surface area contributed by atoms with Crippen molar-refractivity contribution in [3.8, 4) is 0 Å². The highest BCUT2D eigenvalue weighted by Gasteiger charge is 2.17. The number of hydrogen-bond donors (Lipinski definition) is 0. The first kappa shape index (κ1) is 16.7. The third-order valence-corrected chi connectivity index (χ3v) is 4.87. The van der Waals surface area contributed by atoms with Crippen LogP contribution < -0.4 is 0 Å². The summed E-state index contributed by atoms with van der Waals surface area (Å²) in [6.07, 6.45) is 3.70. The number of nitrogens with zero attached hydrogens (tertiary/aromatic N) is 3. The maximum atomic E-state index is 12.6. The van der Waals surface area contributed by atoms with Crippen molar-refractivity contribution in [2.24, 2.45) is 0 Å². The van der Waals surface area contributed by atoms with Crippen molar-refractivity contribution in [2.75, 3.05) is 6.54 Å². The summed E-state index contributed by atoms with van der Waals surface area (Å²) in [6.45, 7) is 3.79. The lowest BCUT2D eigenvalue weighted by atomic mass is 10.2. The molecule has 0 unspecified atom stereocenters. The van der Waals surface area contributed by atoms with Crippen molar-refractivity contribution < 1.29 is 4.79 Å². The normalized spacial score (nSPS) is 10.8. The maximum Gasteiger partial charge on any atom is 0.264 e. The summed E-state index contributed by atoms with van der Waals surface area (Å²) in [5.74, 6) is 0.909. The summed E-state index contributed by atoms with van der Waals surface area (Å²) in [6, 6.07) is 11.5. The van der Waals surface area contributed by atoms with Crippen molar-refractivity contribution in [3.05, 3.63) is 75.5 Å². The van der Waals surface area contributed by atoms with E-state index in [9.17, 15) is 4.79 Å². The predicted molar refractivity (Wildman–Crippen MR) is 97.5 cm³/mol. The minimum Gasteiger partial charge on any atom is -0.331 e. The first-order valence-corrected chi connectivity index (χ1v) is 9.00. The fourth-order valence-electron chi connectivity index (χ4n) is 2.52. The number of hydrogen-bond acceptors (Lipinski definition) is 3. The molecule has 2 heterocycles. The van der Waals surface area contributed by atoms with E-state index in [4.69, 9.17) is 11.6 Å². The van der Waals surface area contributed by atoms with Crippen LogP contribution in [-0.4, -0.2) is 26.9 Å². The van der Waals surface area contributed by atoms with Crippen LogP contribution in [0.3, 0.4) is 0 Å². The molecule has 0 saturated heterocycles. The third kappa shape index (κ3) is 3.86. The van der Waals surface area contributed by atoms with Crippen LogP contribution in [0.15, 0.2) is 54.2 Å². The lowest BCUT2D eigenvalue weighted by Gasteiger charge is -2.20. The van der Waals surface area contributed by atoms with E-state index in [0.717, 1.165) is 21.3 Å². The Morgan fingerprint density at radius 3 is 2.92 bits per heavy atom. The minimum absolute atomic E-state index is 0.0461. The van der Waals surface area contributed by atoms with Gasteiger partial charge in [-0.3, -0.25) is 4.79 Å². The van der Waals surface area contributed by atoms with E-state index in [2.05, 4.69) is 9.55 Å². The first-order valence-electron chi connectivity index (χ1n) is 7.74. The van der Waals surface area contributed by atoms with E-state index >= 15 is 0 Å². The first-order chi connectivity index (χ1) is 11.7. The topological polar surface area (TPSA) is 38.1 Å². The molecule has 2 aromatic heterocycles. The summed E-state index contributed by atoms with van der Waals surface area (Å²) in [7, 11) is 0. The molecule has 3 aromatic rings. The van der Waals surface area contributed by atoms with Crippen LogP contribution in [0.2, 0.25) is 5.02 Å². The standard InChI is InChI=1S/C18H18ClN3OS/c1-2-21(18(23)16-7-4-10-24-16)13-17-20-8-9-22(17)12-14-5-3-6-15(19)11-14/h3-11H,2,12-13H2,1H3. The molecule has 6 heteroatoms. The number of imidazole rings is 1. The average Bonchev–Trinajstić information content (AvgIpc) is 3.24. The molecule has 1 aromatic carbocycles. The van der Waals surface area contributed by atoms with Crippen molar-refractivity contribution in [2.45, 2.75) is 20.0 Å². The van der Waals surface area contributed by atoms with Crippen molar-refractivity contribution >= 4 is 28.8 Å². The van der Waals surface area contributed by atoms with Crippen LogP contribution in [0.5, 0.6) is 0 Å². The Morgan fingerprint density at radius 1 is 1.33 bits per heavy atom. The van der Waals surface area contributed by atoms with Gasteiger partial charge in [0.15, 0.2) is 0 Å². The molecule has 124 valence electrons. The highest BCUT2D eigenvalue weighted by molar-refractivity contribution is 7.12. The van der Waals surface area contributed by atoms with E-state index in [1.54, 1.807) is 6.20 Å². The zero-order chi connectivity index (χ0) is 16.9. The fourth-order valence-corrected chi connectivity index (χ4v) is 3.43. The Kier molecular flexibility index (Phi) is 5.33. The van der Waals surface area contributed by atoms with Gasteiger partial charge in [0.1, 0.15) is 5.82 Å². The molecule has 0 aliphatic carbocycles. The monoisotopic (exact) mass is 359 g/mol. The zero-order valence-electron chi connectivity index (χ0n) is 13.4. The SMILES string of the molecule is CCN(Cc1nccn1Cc1cccc(Cl)c1)C(=O)c1cccs1. The number of benzene rings is 1. The summed E-state index contributed by atoms with van der Waals surface area (Å²) < 4.78 is 2.05. The fraction of sp³-hybridized carbons (Fsp3) is 0.222. The van der Waals surface area contributed by atoms with Gasteiger partial charge < -0.3 is 9.47 Å². The maximum absolute atomic E-state index is 12.6. The highest BCUT2D eigenvalue weighted by atomic mass is 35.5. The molecule has 0 spiro atoms. The second-order valence-corrected chi connectivity index (χ2v) is 6.78. The van der Waals surface area contributed by atoms with Gasteiger partial charge in [-0.05, 0) is 36.1 Å². The van der Waals surface area contributed by atoms with Crippen LogP contribution in [0, 0.1) is 0 Å². The Bertz CT molecular complexity index is 813. The van der Waals surface area contributed by atoms with Gasteiger partial charge in [0.25, 0.3) is 5.91 Å². The van der Waals surface area contributed by atoms with E-state index < -0.39 is 0 Å². The third-order valence-electron chi connectivity index (χ3n) is 3.78. The summed E-state index contributed by atoms with van der Waals surface area (Å²) in [4.78, 5) is 19.5. The summed E-state index contributed by atoms with van der Waals surface area (Å²) >= 11 is 7.52. The molecule has 3 rings (SSSR count). The van der Waals surface area contributed by atoms with Crippen molar-refractivity contribution in [3.63, 3.8) is 0 Å². The molecular weight excluding hydrogens is 342 g/mol. The molecule has 0 N–H and O–H groups in total. The second kappa shape index (κ2) is 7.64. The number of carbonyl (C=O) groups excluding carboxylic acids is 1. The highest BCUT2D eigenvalue weighted by Crippen LogP contribution is 2.16. The molecule has 0 aliphatic rings. The summed E-state index contributed by atoms with van der Waals surface area (Å²) in [5.41, 5.74) is 1.11. The predicted octanol–water partition coefficient (Wildman–Crippen LogP) is 4.31. The molecule has 24 heavy (non-hydrogen) atoms. The number of halogens is 1. The van der Waals surface area contributed by atoms with Crippen LogP contribution in [0.25, 0.3) is 0 Å². The molecule has 0 bridgehead atoms. The Balaban J connectivity index is 1.75. The molecule has 1 amide bonds. The lowest BCUT2D eigenvalue weighted by Crippen LogP contribution is -2.31. The second-order valence-electron chi connectivity index (χ2n) is 5.40. The Labute approximate surface area is 150 Å². The van der Waals surface area contributed by atoms with Gasteiger partial charge in [-0.15, -0.1) is 11.3 Å². The Morgan fingerprint density at radius 2 is 2.21 bits per heavy atom. The van der Waals surface area contributed by atoms with E-state index in [1.807, 2.05) is 59.8 Å². The molecule has 0 aliphatic heterocycles. The molecule has 0 radical (unpaired) electrons. The van der Waals surface area contributed by atoms with Crippen molar-refractivity contribution in [1.82, 2.24) is 14.5 Å². The molecule has 0 fully saturated rings. The molecule has 0 atom stereocenters. The Hall–Kier alpha value is -2.11. The van der Waals surface area contributed by atoms with Gasteiger partial charge in [-0.1, -0.05) is 29.8 Å². The van der Waals surface area contributed by atoms with Crippen molar-refractivity contribution in [1.29, 1.82) is 0 Å². The van der Waals surface area contributed by atoms with Gasteiger partial charge in [0.2, 0.25) is 0 Å². The van der Waals surface area contributed by atoms with E-state index in [-0.39, 0.29) is 5.91 Å². The van der Waals surface area contributed by atoms with Gasteiger partial charge in [-0.2, -0.15) is 0 Å². The number of aromatic nitrogens is 2. The van der Waals surface area contributed by atoms with Crippen LogP contribution >= 0.6 is 22.9 Å². The van der Waals surface area contributed by atoms with E-state index in [0.29, 0.717) is 19.6 Å². The molecular formula is C18H18ClN3OS. The van der Waals surface area contributed by atoms with Crippen LogP contribution in [0.1, 0.15) is 28.0 Å². The quantitative estimate of drug-likeness (QED) is 0.657. The van der Waals surface area contributed by atoms with E-state index in [1.165, 1.54) is 11.3 Å². The molecule has 4 nitrogen and oxygen atoms in total. The van der Waals surface area contributed by atoms with Gasteiger partial charge in [-0.25, -0.2) is 4.98 Å². The lowest BCUT2D eigenvalue weighted by molar-refractivity contribution is 0.0752. The zero-order valence-corrected chi connectivity index (χ0v) is 14.9. The van der Waals surface area contributed by atoms with Gasteiger partial charge in [0, 0.05) is 30.5 Å².